The van der Waals surface area contributed by atoms with E-state index in [2.05, 4.69) is 44.8 Å². The first-order chi connectivity index (χ1) is 11.0. The second-order valence-electron chi connectivity index (χ2n) is 5.64. The highest BCUT2D eigenvalue weighted by Crippen LogP contribution is 2.13. The Morgan fingerprint density at radius 1 is 1.33 bits per heavy atom. The van der Waals surface area contributed by atoms with E-state index in [0.717, 1.165) is 29.6 Å². The van der Waals surface area contributed by atoms with Crippen molar-refractivity contribution in [1.29, 1.82) is 0 Å². The van der Waals surface area contributed by atoms with Gasteiger partial charge in [0.2, 0.25) is 0 Å². The maximum atomic E-state index is 5.32. The Labute approximate surface area is 159 Å². The molecule has 0 aliphatic rings. The normalized spacial score (nSPS) is 11.5. The zero-order chi connectivity index (χ0) is 16.8. The molecule has 134 valence electrons. The Morgan fingerprint density at radius 2 is 2.08 bits per heavy atom. The van der Waals surface area contributed by atoms with Gasteiger partial charge in [0.25, 0.3) is 0 Å². The second kappa shape index (κ2) is 9.60. The minimum Gasteiger partial charge on any atom is -0.359 e. The number of rotatable bonds is 6. The molecule has 2 aromatic heterocycles. The topological polar surface area (TPSA) is 93.2 Å². The highest BCUT2D eigenvalue weighted by Gasteiger charge is 2.09. The van der Waals surface area contributed by atoms with Gasteiger partial charge in [-0.1, -0.05) is 19.0 Å². The molecule has 0 bridgehead atoms. The van der Waals surface area contributed by atoms with Crippen LogP contribution in [0.4, 0.5) is 0 Å². The monoisotopic (exact) mass is 447 g/mol. The molecule has 2 heterocycles. The number of hydrogen-bond acceptors (Lipinski definition) is 5. The van der Waals surface area contributed by atoms with E-state index in [1.54, 1.807) is 0 Å². The van der Waals surface area contributed by atoms with Gasteiger partial charge in [0.05, 0.1) is 12.2 Å². The summed E-state index contributed by atoms with van der Waals surface area (Å²) in [6.07, 6.45) is 0. The zero-order valence-electron chi connectivity index (χ0n) is 14.8. The van der Waals surface area contributed by atoms with Crippen LogP contribution in [0.2, 0.25) is 0 Å². The van der Waals surface area contributed by atoms with Crippen LogP contribution in [0.15, 0.2) is 15.6 Å². The molecule has 0 saturated carbocycles. The zero-order valence-corrected chi connectivity index (χ0v) is 17.2. The lowest BCUT2D eigenvalue weighted by Crippen LogP contribution is -2.36. The number of halogens is 1. The quantitative estimate of drug-likeness (QED) is 0.401. The molecule has 0 fully saturated rings. The summed E-state index contributed by atoms with van der Waals surface area (Å²) >= 11 is 0. The van der Waals surface area contributed by atoms with Gasteiger partial charge in [0, 0.05) is 19.7 Å². The van der Waals surface area contributed by atoms with E-state index in [0.29, 0.717) is 25.0 Å². The van der Waals surface area contributed by atoms with Gasteiger partial charge in [-0.25, -0.2) is 4.99 Å². The average Bonchev–Trinajstić information content (AvgIpc) is 3.11. The molecule has 2 aromatic rings. The van der Waals surface area contributed by atoms with E-state index < -0.39 is 0 Å². The molecule has 0 atom stereocenters. The molecule has 0 spiro atoms. The molecule has 9 heteroatoms. The van der Waals surface area contributed by atoms with Crippen LogP contribution in [0.3, 0.4) is 0 Å². The first-order valence-corrected chi connectivity index (χ1v) is 7.83. The third-order valence-electron chi connectivity index (χ3n) is 3.50. The van der Waals surface area contributed by atoms with Crippen LogP contribution in [-0.4, -0.2) is 32.4 Å². The maximum absolute atomic E-state index is 5.32. The summed E-state index contributed by atoms with van der Waals surface area (Å²) in [6, 6.07) is 1.97. The third-order valence-corrected chi connectivity index (χ3v) is 3.50. The van der Waals surface area contributed by atoms with Crippen LogP contribution < -0.4 is 10.6 Å². The summed E-state index contributed by atoms with van der Waals surface area (Å²) in [7, 11) is 1.93. The summed E-state index contributed by atoms with van der Waals surface area (Å²) in [5.74, 6) is 3.54. The van der Waals surface area contributed by atoms with Crippen LogP contribution in [0.25, 0.3) is 0 Å². The Bertz CT molecular complexity index is 663. The fourth-order valence-electron chi connectivity index (χ4n) is 1.94. The summed E-state index contributed by atoms with van der Waals surface area (Å²) in [6.45, 7) is 9.88. The summed E-state index contributed by atoms with van der Waals surface area (Å²) in [5.41, 5.74) is 0.957. The molecule has 0 saturated heterocycles. The van der Waals surface area contributed by atoms with Crippen LogP contribution in [0.5, 0.6) is 0 Å². The number of aryl methyl sites for hydroxylation is 1. The predicted molar refractivity (Wildman–Crippen MR) is 103 cm³/mol. The SMILES string of the molecule is CCNC(=NCc1nnc(C)n1C)NCc1cc(C(C)C)no1.I. The summed E-state index contributed by atoms with van der Waals surface area (Å²) < 4.78 is 7.25. The highest BCUT2D eigenvalue weighted by atomic mass is 127. The minimum absolute atomic E-state index is 0. The Kier molecular flexibility index (Phi) is 8.16. The van der Waals surface area contributed by atoms with Crippen LogP contribution in [-0.2, 0) is 20.1 Å². The molecule has 0 aliphatic heterocycles. The average molecular weight is 447 g/mol. The van der Waals surface area contributed by atoms with Gasteiger partial charge in [0.15, 0.2) is 17.5 Å². The summed E-state index contributed by atoms with van der Waals surface area (Å²) in [5, 5.41) is 18.6. The molecule has 0 unspecified atom stereocenters. The Morgan fingerprint density at radius 3 is 2.62 bits per heavy atom. The smallest absolute Gasteiger partial charge is 0.192 e. The number of hydrogen-bond donors (Lipinski definition) is 2. The minimum atomic E-state index is 0. The molecule has 2 rings (SSSR count). The van der Waals surface area contributed by atoms with Gasteiger partial charge < -0.3 is 19.7 Å². The molecule has 0 radical (unpaired) electrons. The molecular weight excluding hydrogens is 421 g/mol. The fraction of sp³-hybridized carbons (Fsp3) is 0.600. The van der Waals surface area contributed by atoms with Crippen molar-refractivity contribution in [2.75, 3.05) is 6.54 Å². The van der Waals surface area contributed by atoms with Crippen molar-refractivity contribution in [2.45, 2.75) is 46.7 Å². The highest BCUT2D eigenvalue weighted by molar-refractivity contribution is 14.0. The van der Waals surface area contributed by atoms with E-state index in [9.17, 15) is 0 Å². The largest absolute Gasteiger partial charge is 0.359 e. The van der Waals surface area contributed by atoms with Gasteiger partial charge in [-0.15, -0.1) is 34.2 Å². The first-order valence-electron chi connectivity index (χ1n) is 7.83. The van der Waals surface area contributed by atoms with Crippen molar-refractivity contribution < 1.29 is 4.52 Å². The third kappa shape index (κ3) is 5.46. The first kappa shape index (κ1) is 20.4. The van der Waals surface area contributed by atoms with Gasteiger partial charge in [-0.2, -0.15) is 0 Å². The Hall–Kier alpha value is -1.65. The maximum Gasteiger partial charge on any atom is 0.192 e. The van der Waals surface area contributed by atoms with E-state index >= 15 is 0 Å². The molecule has 0 aromatic carbocycles. The lowest BCUT2D eigenvalue weighted by atomic mass is 10.1. The van der Waals surface area contributed by atoms with Crippen LogP contribution in [0, 0.1) is 6.92 Å². The van der Waals surface area contributed by atoms with E-state index in [4.69, 9.17) is 4.52 Å². The van der Waals surface area contributed by atoms with Crippen molar-refractivity contribution in [3.05, 3.63) is 29.2 Å². The number of nitrogens with one attached hydrogen (secondary N) is 2. The molecule has 0 aliphatic carbocycles. The van der Waals surface area contributed by atoms with Crippen molar-refractivity contribution in [3.8, 4) is 0 Å². The fourth-order valence-corrected chi connectivity index (χ4v) is 1.94. The molecule has 0 amide bonds. The van der Waals surface area contributed by atoms with Gasteiger partial charge in [-0.3, -0.25) is 0 Å². The lowest BCUT2D eigenvalue weighted by molar-refractivity contribution is 0.372. The van der Waals surface area contributed by atoms with Gasteiger partial charge in [-0.05, 0) is 19.8 Å². The van der Waals surface area contributed by atoms with Gasteiger partial charge in [0.1, 0.15) is 12.4 Å². The predicted octanol–water partition coefficient (Wildman–Crippen LogP) is 2.11. The van der Waals surface area contributed by atoms with Crippen LogP contribution in [0.1, 0.15) is 49.8 Å². The van der Waals surface area contributed by atoms with E-state index in [1.165, 1.54) is 0 Å². The number of nitrogens with zero attached hydrogens (tertiary/aromatic N) is 5. The molecule has 24 heavy (non-hydrogen) atoms. The number of aromatic nitrogens is 4. The summed E-state index contributed by atoms with van der Waals surface area (Å²) in [4.78, 5) is 4.52. The molecule has 8 nitrogen and oxygen atoms in total. The second-order valence-corrected chi connectivity index (χ2v) is 5.64. The van der Waals surface area contributed by atoms with Gasteiger partial charge >= 0.3 is 0 Å². The number of guanidine groups is 1. The van der Waals surface area contributed by atoms with Crippen molar-refractivity contribution in [2.24, 2.45) is 12.0 Å². The molecule has 2 N–H and O–H groups in total. The van der Waals surface area contributed by atoms with Crippen molar-refractivity contribution in [1.82, 2.24) is 30.6 Å². The standard InChI is InChI=1S/C15H25N7O.HI/c1-6-16-15(18-9-14-20-19-11(4)22(14)5)17-8-12-7-13(10(2)3)21-23-12;/h7,10H,6,8-9H2,1-5H3,(H2,16,17,18);1H. The molecular formula is C15H26IN7O. The van der Waals surface area contributed by atoms with Crippen molar-refractivity contribution >= 4 is 29.9 Å². The van der Waals surface area contributed by atoms with Crippen molar-refractivity contribution in [3.63, 3.8) is 0 Å². The van der Waals surface area contributed by atoms with E-state index in [-0.39, 0.29) is 24.0 Å². The number of aliphatic imine (C=N–C) groups is 1. The Balaban J connectivity index is 0.00000288. The van der Waals surface area contributed by atoms with E-state index in [1.807, 2.05) is 31.5 Å². The van der Waals surface area contributed by atoms with Crippen LogP contribution >= 0.6 is 24.0 Å². The lowest BCUT2D eigenvalue weighted by Gasteiger charge is -2.09.